The van der Waals surface area contributed by atoms with Crippen LogP contribution in [0.2, 0.25) is 5.02 Å². The van der Waals surface area contributed by atoms with E-state index in [0.717, 1.165) is 17.0 Å². The molecule has 2 N–H and O–H groups in total. The SMILES string of the molecule is O=C(O)[C@@H]1Cc2nc[nH]c2CN1Cc1ccc(-c2ccccc2Cl)o1. The number of furan rings is 1. The first-order chi connectivity index (χ1) is 12.1. The zero-order chi connectivity index (χ0) is 17.4. The van der Waals surface area contributed by atoms with Gasteiger partial charge in [-0.2, -0.15) is 0 Å². The molecule has 0 unspecified atom stereocenters. The van der Waals surface area contributed by atoms with Crippen LogP contribution in [0, 0.1) is 0 Å². The molecule has 6 nitrogen and oxygen atoms in total. The molecule has 0 saturated carbocycles. The predicted molar refractivity (Wildman–Crippen MR) is 92.1 cm³/mol. The van der Waals surface area contributed by atoms with Crippen LogP contribution < -0.4 is 0 Å². The Hall–Kier alpha value is -2.57. The van der Waals surface area contributed by atoms with Crippen LogP contribution in [0.3, 0.4) is 0 Å². The molecule has 1 atom stereocenters. The molecule has 0 fully saturated rings. The van der Waals surface area contributed by atoms with Crippen molar-refractivity contribution >= 4 is 17.6 Å². The Balaban J connectivity index is 1.57. The topological polar surface area (TPSA) is 82.4 Å². The van der Waals surface area contributed by atoms with Crippen LogP contribution in [0.5, 0.6) is 0 Å². The average molecular weight is 358 g/mol. The number of halogens is 1. The number of H-pyrrole nitrogens is 1. The van der Waals surface area contributed by atoms with E-state index in [2.05, 4.69) is 9.97 Å². The lowest BCUT2D eigenvalue weighted by Gasteiger charge is -2.31. The monoisotopic (exact) mass is 357 g/mol. The van der Waals surface area contributed by atoms with E-state index in [1.807, 2.05) is 41.3 Å². The molecule has 3 aromatic rings. The van der Waals surface area contributed by atoms with Crippen molar-refractivity contribution in [3.05, 3.63) is 64.9 Å². The van der Waals surface area contributed by atoms with Crippen molar-refractivity contribution in [1.82, 2.24) is 14.9 Å². The van der Waals surface area contributed by atoms with Crippen molar-refractivity contribution in [3.8, 4) is 11.3 Å². The maximum absolute atomic E-state index is 11.6. The number of hydrogen-bond donors (Lipinski definition) is 2. The van der Waals surface area contributed by atoms with Gasteiger partial charge in [-0.15, -0.1) is 0 Å². The number of fused-ring (bicyclic) bond motifs is 1. The third kappa shape index (κ3) is 3.06. The number of benzene rings is 1. The van der Waals surface area contributed by atoms with Crippen LogP contribution >= 0.6 is 11.6 Å². The highest BCUT2D eigenvalue weighted by molar-refractivity contribution is 6.33. The van der Waals surface area contributed by atoms with Crippen molar-refractivity contribution in [2.75, 3.05) is 0 Å². The number of carboxylic acids is 1. The van der Waals surface area contributed by atoms with E-state index >= 15 is 0 Å². The van der Waals surface area contributed by atoms with E-state index in [1.165, 1.54) is 0 Å². The molecule has 1 aromatic carbocycles. The quantitative estimate of drug-likeness (QED) is 0.748. The summed E-state index contributed by atoms with van der Waals surface area (Å²) in [6.45, 7) is 0.897. The standard InChI is InChI=1S/C18H16ClN3O3/c19-13-4-2-1-3-12(13)17-6-5-11(25-17)8-22-9-15-14(20-10-21-15)7-16(22)18(23)24/h1-6,10,16H,7-9H2,(H,20,21)(H,23,24)/t16-/m0/s1. The first kappa shape index (κ1) is 15.9. The first-order valence-electron chi connectivity index (χ1n) is 7.93. The summed E-state index contributed by atoms with van der Waals surface area (Å²) >= 11 is 6.21. The zero-order valence-electron chi connectivity index (χ0n) is 13.3. The summed E-state index contributed by atoms with van der Waals surface area (Å²) in [7, 11) is 0. The van der Waals surface area contributed by atoms with Gasteiger partial charge in [0, 0.05) is 18.5 Å². The van der Waals surface area contributed by atoms with Gasteiger partial charge in [0.15, 0.2) is 0 Å². The largest absolute Gasteiger partial charge is 0.480 e. The number of imidazole rings is 1. The van der Waals surface area contributed by atoms with Gasteiger partial charge in [-0.1, -0.05) is 23.7 Å². The van der Waals surface area contributed by atoms with Gasteiger partial charge < -0.3 is 14.5 Å². The average Bonchev–Trinajstić information content (AvgIpc) is 3.23. The van der Waals surface area contributed by atoms with Crippen molar-refractivity contribution in [2.24, 2.45) is 0 Å². The molecule has 7 heteroatoms. The van der Waals surface area contributed by atoms with Gasteiger partial charge in [0.05, 0.1) is 29.3 Å². The van der Waals surface area contributed by atoms with Gasteiger partial charge in [0.2, 0.25) is 0 Å². The highest BCUT2D eigenvalue weighted by atomic mass is 35.5. The molecule has 0 amide bonds. The number of nitrogens with zero attached hydrogens (tertiary/aromatic N) is 2. The number of carbonyl (C=O) groups is 1. The summed E-state index contributed by atoms with van der Waals surface area (Å²) in [5.41, 5.74) is 2.59. The Kier molecular flexibility index (Phi) is 4.07. The lowest BCUT2D eigenvalue weighted by atomic mass is 10.0. The lowest BCUT2D eigenvalue weighted by Crippen LogP contribution is -2.45. The fourth-order valence-electron chi connectivity index (χ4n) is 3.17. The van der Waals surface area contributed by atoms with Crippen LogP contribution in [0.4, 0.5) is 0 Å². The Bertz CT molecular complexity index is 918. The molecule has 0 radical (unpaired) electrons. The number of rotatable bonds is 4. The summed E-state index contributed by atoms with van der Waals surface area (Å²) in [4.78, 5) is 20.8. The van der Waals surface area contributed by atoms with E-state index in [9.17, 15) is 9.90 Å². The molecular formula is C18H16ClN3O3. The predicted octanol–water partition coefficient (Wildman–Crippen LogP) is 3.33. The molecule has 0 aliphatic carbocycles. The number of hydrogen-bond acceptors (Lipinski definition) is 4. The van der Waals surface area contributed by atoms with Crippen molar-refractivity contribution in [1.29, 1.82) is 0 Å². The van der Waals surface area contributed by atoms with E-state index in [1.54, 1.807) is 6.33 Å². The van der Waals surface area contributed by atoms with Crippen molar-refractivity contribution < 1.29 is 14.3 Å². The summed E-state index contributed by atoms with van der Waals surface area (Å²) < 4.78 is 5.91. The minimum absolute atomic E-state index is 0.381. The molecule has 128 valence electrons. The van der Waals surface area contributed by atoms with E-state index < -0.39 is 12.0 Å². The van der Waals surface area contributed by atoms with E-state index in [0.29, 0.717) is 36.1 Å². The van der Waals surface area contributed by atoms with Crippen molar-refractivity contribution in [3.63, 3.8) is 0 Å². The molecule has 2 aromatic heterocycles. The molecule has 25 heavy (non-hydrogen) atoms. The van der Waals surface area contributed by atoms with Crippen LogP contribution in [0.15, 0.2) is 47.1 Å². The minimum atomic E-state index is -0.855. The summed E-state index contributed by atoms with van der Waals surface area (Å²) in [6, 6.07) is 10.6. The zero-order valence-corrected chi connectivity index (χ0v) is 14.0. The van der Waals surface area contributed by atoms with Gasteiger partial charge in [-0.05, 0) is 24.3 Å². The lowest BCUT2D eigenvalue weighted by molar-refractivity contribution is -0.144. The second kappa shape index (κ2) is 6.38. The fraction of sp³-hybridized carbons (Fsp3) is 0.222. The highest BCUT2D eigenvalue weighted by Gasteiger charge is 2.33. The van der Waals surface area contributed by atoms with Gasteiger partial charge >= 0.3 is 5.97 Å². The Morgan fingerprint density at radius 2 is 2.20 bits per heavy atom. The number of aliphatic carboxylic acids is 1. The van der Waals surface area contributed by atoms with E-state index in [-0.39, 0.29) is 0 Å². The molecule has 1 aliphatic heterocycles. The van der Waals surface area contributed by atoms with Crippen molar-refractivity contribution in [2.45, 2.75) is 25.6 Å². The third-order valence-electron chi connectivity index (χ3n) is 4.44. The number of aromatic amines is 1. The molecule has 1 aliphatic rings. The maximum Gasteiger partial charge on any atom is 0.321 e. The van der Waals surface area contributed by atoms with Crippen LogP contribution in [0.1, 0.15) is 17.1 Å². The Morgan fingerprint density at radius 3 is 3.00 bits per heavy atom. The minimum Gasteiger partial charge on any atom is -0.480 e. The van der Waals surface area contributed by atoms with E-state index in [4.69, 9.17) is 16.0 Å². The Morgan fingerprint density at radius 1 is 1.36 bits per heavy atom. The van der Waals surface area contributed by atoms with Crippen LogP contribution in [-0.4, -0.2) is 32.0 Å². The fourth-order valence-corrected chi connectivity index (χ4v) is 3.39. The van der Waals surface area contributed by atoms with Gasteiger partial charge in [-0.3, -0.25) is 9.69 Å². The smallest absolute Gasteiger partial charge is 0.321 e. The summed E-state index contributed by atoms with van der Waals surface area (Å²) in [5, 5.41) is 10.2. The highest BCUT2D eigenvalue weighted by Crippen LogP contribution is 2.30. The first-order valence-corrected chi connectivity index (χ1v) is 8.31. The third-order valence-corrected chi connectivity index (χ3v) is 4.77. The molecular weight excluding hydrogens is 342 g/mol. The number of aromatic nitrogens is 2. The van der Waals surface area contributed by atoms with Gasteiger partial charge in [-0.25, -0.2) is 4.98 Å². The Labute approximate surface area is 149 Å². The van der Waals surface area contributed by atoms with Crippen LogP contribution in [-0.2, 0) is 24.3 Å². The summed E-state index contributed by atoms with van der Waals surface area (Å²) in [6.07, 6.45) is 1.99. The van der Waals surface area contributed by atoms with Gasteiger partial charge in [0.1, 0.15) is 17.6 Å². The molecule has 0 saturated heterocycles. The molecule has 3 heterocycles. The second-order valence-corrected chi connectivity index (χ2v) is 6.44. The van der Waals surface area contributed by atoms with Crippen LogP contribution in [0.25, 0.3) is 11.3 Å². The summed E-state index contributed by atoms with van der Waals surface area (Å²) in [5.74, 6) is 0.516. The molecule has 0 spiro atoms. The normalized spacial score (nSPS) is 17.4. The number of carboxylic acid groups (broad SMARTS) is 1. The number of nitrogens with one attached hydrogen (secondary N) is 1. The second-order valence-electron chi connectivity index (χ2n) is 6.04. The van der Waals surface area contributed by atoms with Gasteiger partial charge in [0.25, 0.3) is 0 Å². The molecule has 4 rings (SSSR count). The maximum atomic E-state index is 11.6. The molecule has 0 bridgehead atoms.